The van der Waals surface area contributed by atoms with Crippen molar-refractivity contribution in [2.24, 2.45) is 11.8 Å². The fourth-order valence-electron chi connectivity index (χ4n) is 3.80. The molecule has 1 nitrogen and oxygen atoms in total. The molecule has 0 saturated carbocycles. The number of carbonyl (C=O) groups is 1. The van der Waals surface area contributed by atoms with Gasteiger partial charge in [0, 0.05) is 11.5 Å². The van der Waals surface area contributed by atoms with Crippen molar-refractivity contribution in [1.29, 1.82) is 0 Å². The van der Waals surface area contributed by atoms with Gasteiger partial charge in [0.1, 0.15) is 0 Å². The van der Waals surface area contributed by atoms with Gasteiger partial charge in [-0.1, -0.05) is 74.5 Å². The molecule has 0 N–H and O–H groups in total. The van der Waals surface area contributed by atoms with Gasteiger partial charge >= 0.3 is 0 Å². The van der Waals surface area contributed by atoms with E-state index in [0.29, 0.717) is 11.7 Å². The Hall–Kier alpha value is -2.41. The molecule has 1 aliphatic carbocycles. The molecule has 0 aromatic heterocycles. The highest BCUT2D eigenvalue weighted by Gasteiger charge is 2.34. The van der Waals surface area contributed by atoms with Crippen molar-refractivity contribution in [1.82, 2.24) is 0 Å². The van der Waals surface area contributed by atoms with Crippen LogP contribution in [0.5, 0.6) is 0 Å². The zero-order chi connectivity index (χ0) is 16.0. The summed E-state index contributed by atoms with van der Waals surface area (Å²) in [7, 11) is 0. The number of rotatable bonds is 2. The number of fused-ring (bicyclic) bond motifs is 2. The summed E-state index contributed by atoms with van der Waals surface area (Å²) in [5, 5.41) is 2.50. The minimum atomic E-state index is 0.126. The lowest BCUT2D eigenvalue weighted by Gasteiger charge is -2.13. The van der Waals surface area contributed by atoms with Crippen molar-refractivity contribution in [2.75, 3.05) is 0 Å². The van der Waals surface area contributed by atoms with Gasteiger partial charge < -0.3 is 0 Å². The van der Waals surface area contributed by atoms with Gasteiger partial charge in [-0.2, -0.15) is 0 Å². The van der Waals surface area contributed by atoms with Gasteiger partial charge in [0.15, 0.2) is 5.78 Å². The monoisotopic (exact) mass is 300 g/mol. The molecule has 0 aliphatic heterocycles. The maximum atomic E-state index is 12.7. The number of hydrogen-bond acceptors (Lipinski definition) is 1. The highest BCUT2D eigenvalue weighted by Crippen LogP contribution is 2.39. The quantitative estimate of drug-likeness (QED) is 0.609. The summed E-state index contributed by atoms with van der Waals surface area (Å²) < 4.78 is 0. The summed E-state index contributed by atoms with van der Waals surface area (Å²) in [5.74, 6) is 0.827. The predicted octanol–water partition coefficient (Wildman–Crippen LogP) is 5.52. The molecule has 23 heavy (non-hydrogen) atoms. The molecule has 1 aliphatic rings. The van der Waals surface area contributed by atoms with Crippen molar-refractivity contribution >= 4 is 16.6 Å². The van der Waals surface area contributed by atoms with Gasteiger partial charge in [-0.15, -0.1) is 0 Å². The second-order valence-corrected chi connectivity index (χ2v) is 6.78. The van der Waals surface area contributed by atoms with E-state index in [0.717, 1.165) is 12.0 Å². The van der Waals surface area contributed by atoms with Crippen molar-refractivity contribution in [2.45, 2.75) is 20.3 Å². The number of hydrogen-bond donors (Lipinski definition) is 0. The minimum Gasteiger partial charge on any atom is -0.294 e. The largest absolute Gasteiger partial charge is 0.294 e. The van der Waals surface area contributed by atoms with Gasteiger partial charge in [-0.05, 0) is 39.8 Å². The molecule has 1 atom stereocenters. The van der Waals surface area contributed by atoms with E-state index in [4.69, 9.17) is 0 Å². The summed E-state index contributed by atoms with van der Waals surface area (Å²) in [6.07, 6.45) is 0.866. The number of benzene rings is 3. The molecule has 0 heterocycles. The topological polar surface area (TPSA) is 17.1 Å². The van der Waals surface area contributed by atoms with E-state index < -0.39 is 0 Å². The molecule has 0 saturated heterocycles. The third kappa shape index (κ3) is 2.19. The lowest BCUT2D eigenvalue weighted by Crippen LogP contribution is -2.15. The molecule has 0 radical (unpaired) electrons. The summed E-state index contributed by atoms with van der Waals surface area (Å²) in [4.78, 5) is 12.7. The van der Waals surface area contributed by atoms with E-state index in [1.807, 2.05) is 12.1 Å². The Labute approximate surface area is 137 Å². The highest BCUT2D eigenvalue weighted by atomic mass is 16.1. The Morgan fingerprint density at radius 1 is 0.826 bits per heavy atom. The molecule has 114 valence electrons. The van der Waals surface area contributed by atoms with Gasteiger partial charge in [-0.25, -0.2) is 0 Å². The molecule has 3 aromatic carbocycles. The number of carbonyl (C=O) groups excluding carboxylic acids is 1. The summed E-state index contributed by atoms with van der Waals surface area (Å²) in [6, 6.07) is 21.1. The van der Waals surface area contributed by atoms with Crippen LogP contribution in [-0.2, 0) is 6.42 Å². The van der Waals surface area contributed by atoms with Crippen LogP contribution >= 0.6 is 0 Å². The van der Waals surface area contributed by atoms with E-state index in [1.165, 1.54) is 27.5 Å². The van der Waals surface area contributed by atoms with Crippen LogP contribution in [0.2, 0.25) is 0 Å². The molecule has 3 aromatic rings. The average Bonchev–Trinajstić information content (AvgIpc) is 2.92. The lowest BCUT2D eigenvalue weighted by molar-refractivity contribution is 0.0906. The first-order valence-electron chi connectivity index (χ1n) is 8.31. The second-order valence-electron chi connectivity index (χ2n) is 6.78. The molecule has 4 rings (SSSR count). The van der Waals surface area contributed by atoms with Crippen LogP contribution in [-0.4, -0.2) is 5.78 Å². The molecule has 0 amide bonds. The van der Waals surface area contributed by atoms with Crippen molar-refractivity contribution in [3.63, 3.8) is 0 Å². The summed E-state index contributed by atoms with van der Waals surface area (Å²) >= 11 is 0. The van der Waals surface area contributed by atoms with Gasteiger partial charge in [0.05, 0.1) is 0 Å². The van der Waals surface area contributed by atoms with Crippen LogP contribution in [0.25, 0.3) is 21.9 Å². The van der Waals surface area contributed by atoms with E-state index in [1.54, 1.807) is 0 Å². The maximum absolute atomic E-state index is 12.7. The van der Waals surface area contributed by atoms with Crippen LogP contribution in [0.3, 0.4) is 0 Å². The molecule has 0 spiro atoms. The van der Waals surface area contributed by atoms with E-state index >= 15 is 0 Å². The van der Waals surface area contributed by atoms with E-state index in [-0.39, 0.29) is 5.92 Å². The first-order chi connectivity index (χ1) is 11.2. The average molecular weight is 300 g/mol. The number of Topliss-reactive ketones (excluding diaryl/α,β-unsaturated/α-hetero) is 1. The first kappa shape index (κ1) is 14.2. The Bertz CT molecular complexity index is 899. The molecule has 0 fully saturated rings. The standard InChI is InChI=1S/C22H20O/c1-14(2)20-13-21-18(11-6-12-19(21)22(20)23)17-10-5-8-15-7-3-4-9-16(15)17/h3-12,14,20H,13H2,1-2H3. The smallest absolute Gasteiger partial charge is 0.166 e. The second kappa shape index (κ2) is 5.34. The minimum absolute atomic E-state index is 0.126. The Morgan fingerprint density at radius 2 is 1.48 bits per heavy atom. The third-order valence-corrected chi connectivity index (χ3v) is 5.09. The molecule has 1 unspecified atom stereocenters. The maximum Gasteiger partial charge on any atom is 0.166 e. The van der Waals surface area contributed by atoms with Crippen LogP contribution in [0, 0.1) is 11.8 Å². The van der Waals surface area contributed by atoms with Crippen LogP contribution in [0.1, 0.15) is 29.8 Å². The number of ketones is 1. The van der Waals surface area contributed by atoms with Crippen molar-refractivity contribution in [3.8, 4) is 11.1 Å². The van der Waals surface area contributed by atoms with Crippen LogP contribution in [0.4, 0.5) is 0 Å². The van der Waals surface area contributed by atoms with E-state index in [2.05, 4.69) is 62.4 Å². The molecule has 0 bridgehead atoms. The van der Waals surface area contributed by atoms with E-state index in [9.17, 15) is 4.79 Å². The van der Waals surface area contributed by atoms with Gasteiger partial charge in [0.2, 0.25) is 0 Å². The fourth-order valence-corrected chi connectivity index (χ4v) is 3.80. The highest BCUT2D eigenvalue weighted by molar-refractivity contribution is 6.06. The Morgan fingerprint density at radius 3 is 2.30 bits per heavy atom. The summed E-state index contributed by atoms with van der Waals surface area (Å²) in [5.41, 5.74) is 4.61. The fraction of sp³-hybridized carbons (Fsp3) is 0.227. The molecular formula is C22H20O. The van der Waals surface area contributed by atoms with Crippen molar-refractivity contribution in [3.05, 3.63) is 71.8 Å². The SMILES string of the molecule is CC(C)C1Cc2c(cccc2-c2cccc3ccccc23)C1=O. The predicted molar refractivity (Wildman–Crippen MR) is 95.7 cm³/mol. The Balaban J connectivity index is 1.94. The van der Waals surface area contributed by atoms with Gasteiger partial charge in [0.25, 0.3) is 0 Å². The van der Waals surface area contributed by atoms with Crippen LogP contribution in [0.15, 0.2) is 60.7 Å². The normalized spacial score (nSPS) is 17.0. The van der Waals surface area contributed by atoms with Crippen molar-refractivity contribution < 1.29 is 4.79 Å². The lowest BCUT2D eigenvalue weighted by atomic mass is 9.90. The zero-order valence-electron chi connectivity index (χ0n) is 13.5. The zero-order valence-corrected chi connectivity index (χ0v) is 13.5. The van der Waals surface area contributed by atoms with Gasteiger partial charge in [-0.3, -0.25) is 4.79 Å². The molecular weight excluding hydrogens is 280 g/mol. The Kier molecular flexibility index (Phi) is 3.30. The molecule has 1 heteroatoms. The summed E-state index contributed by atoms with van der Waals surface area (Å²) in [6.45, 7) is 4.29. The third-order valence-electron chi connectivity index (χ3n) is 5.09. The van der Waals surface area contributed by atoms with Crippen LogP contribution < -0.4 is 0 Å². The first-order valence-corrected chi connectivity index (χ1v) is 8.31.